The lowest BCUT2D eigenvalue weighted by Crippen LogP contribution is -2.08. The first-order valence-corrected chi connectivity index (χ1v) is 8.05. The van der Waals surface area contributed by atoms with Crippen LogP contribution < -0.4 is 0 Å². The number of hydrogen-bond donors (Lipinski definition) is 0. The molecule has 5 heteroatoms. The van der Waals surface area contributed by atoms with Gasteiger partial charge in [-0.05, 0) is 45.8 Å². The van der Waals surface area contributed by atoms with Crippen molar-refractivity contribution in [3.63, 3.8) is 0 Å². The van der Waals surface area contributed by atoms with Crippen molar-refractivity contribution in [1.82, 2.24) is 9.78 Å². The second kappa shape index (κ2) is 6.01. The molecule has 0 aliphatic carbocycles. The molecule has 0 unspecified atom stereocenters. The molecule has 0 aromatic carbocycles. The Morgan fingerprint density at radius 3 is 2.74 bits per heavy atom. The summed E-state index contributed by atoms with van der Waals surface area (Å²) in [6.07, 6.45) is 2.16. The van der Waals surface area contributed by atoms with Crippen molar-refractivity contribution in [1.29, 1.82) is 0 Å². The molecular weight excluding hydrogens is 324 g/mol. The first-order valence-electron chi connectivity index (χ1n) is 6.38. The molecule has 0 fully saturated rings. The van der Waals surface area contributed by atoms with Gasteiger partial charge in [-0.1, -0.05) is 13.8 Å². The lowest BCUT2D eigenvalue weighted by Gasteiger charge is -2.03. The summed E-state index contributed by atoms with van der Waals surface area (Å²) >= 11 is 5.09. The Hall–Kier alpha value is -0.940. The van der Waals surface area contributed by atoms with Gasteiger partial charge >= 0.3 is 0 Å². The zero-order chi connectivity index (χ0) is 14.0. The van der Waals surface area contributed by atoms with E-state index in [-0.39, 0.29) is 5.78 Å². The van der Waals surface area contributed by atoms with Gasteiger partial charge in [-0.15, -0.1) is 11.3 Å². The molecule has 102 valence electrons. The number of hydrogen-bond acceptors (Lipinski definition) is 3. The number of Topliss-reactive ketones (excluding diaryl/α,β-unsaturated/α-hetero) is 1. The van der Waals surface area contributed by atoms with Crippen LogP contribution in [0.2, 0.25) is 0 Å². The van der Waals surface area contributed by atoms with Crippen molar-refractivity contribution in [3.05, 3.63) is 37.7 Å². The zero-order valence-corrected chi connectivity index (χ0v) is 13.8. The van der Waals surface area contributed by atoms with E-state index in [4.69, 9.17) is 0 Å². The van der Waals surface area contributed by atoms with Crippen LogP contribution in [0, 0.1) is 0 Å². The zero-order valence-electron chi connectivity index (χ0n) is 11.4. The SMILES string of the molecule is CCc1ccsc1C(=O)Cc1c(Br)c(CC)nn1C. The number of aromatic nitrogens is 2. The summed E-state index contributed by atoms with van der Waals surface area (Å²) in [4.78, 5) is 13.3. The van der Waals surface area contributed by atoms with Crippen LogP contribution in [0.15, 0.2) is 15.9 Å². The topological polar surface area (TPSA) is 34.9 Å². The Morgan fingerprint density at radius 2 is 2.16 bits per heavy atom. The summed E-state index contributed by atoms with van der Waals surface area (Å²) in [5.74, 6) is 0.179. The number of ketones is 1. The van der Waals surface area contributed by atoms with Crippen LogP contribution in [0.1, 0.15) is 40.5 Å². The summed E-state index contributed by atoms with van der Waals surface area (Å²) in [6.45, 7) is 4.14. The summed E-state index contributed by atoms with van der Waals surface area (Å²) in [5.41, 5.74) is 3.11. The monoisotopic (exact) mass is 340 g/mol. The van der Waals surface area contributed by atoms with Crippen LogP contribution in [0.25, 0.3) is 0 Å². The molecule has 0 amide bonds. The molecule has 0 radical (unpaired) electrons. The molecule has 2 aromatic rings. The molecule has 0 aliphatic heterocycles. The Balaban J connectivity index is 2.27. The fourth-order valence-corrected chi connectivity index (χ4v) is 3.80. The van der Waals surface area contributed by atoms with E-state index < -0.39 is 0 Å². The smallest absolute Gasteiger partial charge is 0.179 e. The van der Waals surface area contributed by atoms with E-state index in [0.717, 1.165) is 39.1 Å². The molecule has 0 saturated carbocycles. The van der Waals surface area contributed by atoms with Crippen LogP contribution in [0.3, 0.4) is 0 Å². The van der Waals surface area contributed by atoms with Crippen molar-refractivity contribution in [2.24, 2.45) is 7.05 Å². The molecule has 3 nitrogen and oxygen atoms in total. The second-order valence-electron chi connectivity index (χ2n) is 4.41. The van der Waals surface area contributed by atoms with E-state index >= 15 is 0 Å². The fraction of sp³-hybridized carbons (Fsp3) is 0.429. The van der Waals surface area contributed by atoms with Gasteiger partial charge in [0.2, 0.25) is 0 Å². The highest BCUT2D eigenvalue weighted by Crippen LogP contribution is 2.25. The molecule has 2 rings (SSSR count). The fourth-order valence-electron chi connectivity index (χ4n) is 2.10. The Morgan fingerprint density at radius 1 is 1.42 bits per heavy atom. The lowest BCUT2D eigenvalue weighted by molar-refractivity contribution is 0.0993. The van der Waals surface area contributed by atoms with E-state index in [0.29, 0.717) is 6.42 Å². The molecule has 0 bridgehead atoms. The molecular formula is C14H17BrN2OS. The minimum absolute atomic E-state index is 0.179. The van der Waals surface area contributed by atoms with Gasteiger partial charge in [-0.25, -0.2) is 0 Å². The largest absolute Gasteiger partial charge is 0.293 e. The Labute approximate surface area is 125 Å². The van der Waals surface area contributed by atoms with Crippen LogP contribution in [0.5, 0.6) is 0 Å². The highest BCUT2D eigenvalue weighted by molar-refractivity contribution is 9.10. The van der Waals surface area contributed by atoms with Crippen LogP contribution >= 0.6 is 27.3 Å². The molecule has 0 N–H and O–H groups in total. The standard InChI is InChI=1S/C14H17BrN2OS/c1-4-9-6-7-19-14(9)12(18)8-11-13(15)10(5-2)16-17(11)3/h6-7H,4-5,8H2,1-3H3. The van der Waals surface area contributed by atoms with Gasteiger partial charge in [-0.2, -0.15) is 5.10 Å². The van der Waals surface area contributed by atoms with Crippen LogP contribution in [-0.4, -0.2) is 15.6 Å². The highest BCUT2D eigenvalue weighted by atomic mass is 79.9. The maximum atomic E-state index is 12.4. The first kappa shape index (κ1) is 14.5. The Bertz CT molecular complexity index is 601. The normalized spacial score (nSPS) is 10.9. The first-order chi connectivity index (χ1) is 9.08. The third-order valence-electron chi connectivity index (χ3n) is 3.21. The maximum Gasteiger partial charge on any atom is 0.179 e. The van der Waals surface area contributed by atoms with Gasteiger partial charge in [0.05, 0.1) is 27.2 Å². The van der Waals surface area contributed by atoms with E-state index in [1.807, 2.05) is 18.5 Å². The summed E-state index contributed by atoms with van der Waals surface area (Å²) in [7, 11) is 1.89. The van der Waals surface area contributed by atoms with E-state index in [9.17, 15) is 4.79 Å². The summed E-state index contributed by atoms with van der Waals surface area (Å²) in [6, 6.07) is 2.04. The molecule has 19 heavy (non-hydrogen) atoms. The third-order valence-corrected chi connectivity index (χ3v) is 5.12. The minimum Gasteiger partial charge on any atom is -0.293 e. The lowest BCUT2D eigenvalue weighted by atomic mass is 10.1. The Kier molecular flexibility index (Phi) is 4.58. The highest BCUT2D eigenvalue weighted by Gasteiger charge is 2.19. The number of halogens is 1. The molecule has 2 heterocycles. The van der Waals surface area contributed by atoms with Crippen LogP contribution in [0.4, 0.5) is 0 Å². The number of carbonyl (C=O) groups excluding carboxylic acids is 1. The van der Waals surface area contributed by atoms with Gasteiger partial charge in [-0.3, -0.25) is 9.48 Å². The van der Waals surface area contributed by atoms with Crippen molar-refractivity contribution < 1.29 is 4.79 Å². The average molecular weight is 341 g/mol. The predicted molar refractivity (Wildman–Crippen MR) is 82.0 cm³/mol. The molecule has 0 spiro atoms. The number of rotatable bonds is 5. The van der Waals surface area contributed by atoms with Gasteiger partial charge < -0.3 is 0 Å². The average Bonchev–Trinajstić information content (AvgIpc) is 2.97. The van der Waals surface area contributed by atoms with E-state index in [1.165, 1.54) is 11.3 Å². The predicted octanol–water partition coefficient (Wildman–Crippen LogP) is 3.79. The number of nitrogens with zero attached hydrogens (tertiary/aromatic N) is 2. The van der Waals surface area contributed by atoms with Gasteiger partial charge in [0, 0.05) is 7.05 Å². The minimum atomic E-state index is 0.179. The van der Waals surface area contributed by atoms with E-state index in [2.05, 4.69) is 34.9 Å². The maximum absolute atomic E-state index is 12.4. The number of carbonyl (C=O) groups is 1. The quantitative estimate of drug-likeness (QED) is 0.776. The molecule has 0 atom stereocenters. The van der Waals surface area contributed by atoms with Gasteiger partial charge in [0.1, 0.15) is 0 Å². The van der Waals surface area contributed by atoms with Crippen LogP contribution in [-0.2, 0) is 26.3 Å². The van der Waals surface area contributed by atoms with Gasteiger partial charge in [0.25, 0.3) is 0 Å². The summed E-state index contributed by atoms with van der Waals surface area (Å²) < 4.78 is 2.78. The van der Waals surface area contributed by atoms with Crippen molar-refractivity contribution in [2.75, 3.05) is 0 Å². The second-order valence-corrected chi connectivity index (χ2v) is 6.12. The van der Waals surface area contributed by atoms with Crippen molar-refractivity contribution in [2.45, 2.75) is 33.1 Å². The van der Waals surface area contributed by atoms with Crippen molar-refractivity contribution >= 4 is 33.0 Å². The van der Waals surface area contributed by atoms with Gasteiger partial charge in [0.15, 0.2) is 5.78 Å². The molecule has 0 saturated heterocycles. The summed E-state index contributed by atoms with van der Waals surface area (Å²) in [5, 5.41) is 6.41. The number of thiophene rings is 1. The molecule has 0 aliphatic rings. The van der Waals surface area contributed by atoms with Crippen molar-refractivity contribution in [3.8, 4) is 0 Å². The number of aryl methyl sites for hydroxylation is 3. The molecule has 2 aromatic heterocycles. The third kappa shape index (κ3) is 2.82. The van der Waals surface area contributed by atoms with E-state index in [1.54, 1.807) is 4.68 Å².